The van der Waals surface area contributed by atoms with Crippen LogP contribution in [0.1, 0.15) is 42.6 Å². The average molecular weight is 448 g/mol. The molecular weight excluding hydrogens is 418 g/mol. The lowest BCUT2D eigenvalue weighted by Gasteiger charge is -2.32. The van der Waals surface area contributed by atoms with Gasteiger partial charge in [-0.3, -0.25) is 4.79 Å². The van der Waals surface area contributed by atoms with Crippen molar-refractivity contribution in [3.8, 4) is 0 Å². The standard InChI is InChI=1S/C21H29N5O4S/c1-26(16-5-3-2-4-6-16)20-11-19(22-14-23-20)21(29)25-15-7-9-18(10-8-15)31(30)24-12-17(28)13-27/h7-11,14,16-17,24,27-28H,2-6,12-13H2,1H3,(H,25,29). The van der Waals surface area contributed by atoms with Crippen molar-refractivity contribution in [2.75, 3.05) is 30.4 Å². The van der Waals surface area contributed by atoms with Crippen LogP contribution in [0.5, 0.6) is 0 Å². The van der Waals surface area contributed by atoms with E-state index in [0.29, 0.717) is 16.6 Å². The highest BCUT2D eigenvalue weighted by molar-refractivity contribution is 7.83. The Kier molecular flexibility index (Phi) is 8.47. The molecule has 1 saturated carbocycles. The average Bonchev–Trinajstić information content (AvgIpc) is 2.82. The zero-order chi connectivity index (χ0) is 22.2. The summed E-state index contributed by atoms with van der Waals surface area (Å²) in [5.41, 5.74) is 0.821. The Morgan fingerprint density at radius 1 is 1.23 bits per heavy atom. The van der Waals surface area contributed by atoms with Crippen LogP contribution in [-0.2, 0) is 11.0 Å². The number of aliphatic hydroxyl groups is 2. The smallest absolute Gasteiger partial charge is 0.274 e. The van der Waals surface area contributed by atoms with E-state index in [2.05, 4.69) is 24.9 Å². The molecule has 1 aliphatic carbocycles. The molecule has 0 aliphatic heterocycles. The van der Waals surface area contributed by atoms with Crippen molar-refractivity contribution < 1.29 is 19.2 Å². The van der Waals surface area contributed by atoms with Gasteiger partial charge in [-0.1, -0.05) is 19.3 Å². The molecule has 1 amide bonds. The Hall–Kier alpha value is -2.40. The number of hydrogen-bond donors (Lipinski definition) is 4. The van der Waals surface area contributed by atoms with E-state index in [1.54, 1.807) is 30.3 Å². The number of carbonyl (C=O) groups excluding carboxylic acids is 1. The number of benzene rings is 1. The van der Waals surface area contributed by atoms with Crippen molar-refractivity contribution in [2.45, 2.75) is 49.1 Å². The van der Waals surface area contributed by atoms with E-state index >= 15 is 0 Å². The van der Waals surface area contributed by atoms with Gasteiger partial charge in [0.15, 0.2) is 0 Å². The topological polar surface area (TPSA) is 128 Å². The second-order valence-electron chi connectivity index (χ2n) is 7.60. The van der Waals surface area contributed by atoms with E-state index in [1.165, 1.54) is 25.6 Å². The molecule has 1 aromatic carbocycles. The summed E-state index contributed by atoms with van der Waals surface area (Å²) < 4.78 is 14.8. The number of nitrogens with zero attached hydrogens (tertiary/aromatic N) is 3. The fourth-order valence-electron chi connectivity index (χ4n) is 3.50. The molecule has 10 heteroatoms. The van der Waals surface area contributed by atoms with Crippen LogP contribution in [0.4, 0.5) is 11.5 Å². The summed E-state index contributed by atoms with van der Waals surface area (Å²) >= 11 is 0. The van der Waals surface area contributed by atoms with Gasteiger partial charge in [0, 0.05) is 31.4 Å². The number of anilines is 2. The highest BCUT2D eigenvalue weighted by Gasteiger charge is 2.20. The molecule has 1 aliphatic rings. The molecule has 4 N–H and O–H groups in total. The second kappa shape index (κ2) is 11.3. The maximum Gasteiger partial charge on any atom is 0.274 e. The predicted molar refractivity (Wildman–Crippen MR) is 119 cm³/mol. The summed E-state index contributed by atoms with van der Waals surface area (Å²) in [5, 5.41) is 20.9. The molecule has 1 heterocycles. The Balaban J connectivity index is 1.60. The van der Waals surface area contributed by atoms with Crippen LogP contribution in [0.3, 0.4) is 0 Å². The maximum atomic E-state index is 12.7. The van der Waals surface area contributed by atoms with Gasteiger partial charge in [-0.05, 0) is 37.1 Å². The van der Waals surface area contributed by atoms with E-state index in [-0.39, 0.29) is 18.1 Å². The van der Waals surface area contributed by atoms with E-state index < -0.39 is 23.7 Å². The van der Waals surface area contributed by atoms with E-state index in [1.807, 2.05) is 7.05 Å². The highest BCUT2D eigenvalue weighted by Crippen LogP contribution is 2.25. The maximum absolute atomic E-state index is 12.7. The first-order valence-corrected chi connectivity index (χ1v) is 11.5. The molecule has 2 atom stereocenters. The second-order valence-corrected chi connectivity index (χ2v) is 8.89. The van der Waals surface area contributed by atoms with Gasteiger partial charge in [-0.25, -0.2) is 18.9 Å². The van der Waals surface area contributed by atoms with E-state index in [9.17, 15) is 14.1 Å². The van der Waals surface area contributed by atoms with Gasteiger partial charge in [0.1, 0.15) is 28.8 Å². The van der Waals surface area contributed by atoms with Gasteiger partial charge < -0.3 is 20.4 Å². The van der Waals surface area contributed by atoms with Crippen LogP contribution in [0, 0.1) is 0 Å². The molecule has 3 rings (SSSR count). The molecule has 168 valence electrons. The van der Waals surface area contributed by atoms with Crippen LogP contribution in [-0.4, -0.2) is 62.6 Å². The molecule has 2 unspecified atom stereocenters. The number of carbonyl (C=O) groups is 1. The molecule has 1 aromatic heterocycles. The van der Waals surface area contributed by atoms with Crippen molar-refractivity contribution in [3.63, 3.8) is 0 Å². The largest absolute Gasteiger partial charge is 0.394 e. The van der Waals surface area contributed by atoms with Gasteiger partial charge in [0.05, 0.1) is 17.6 Å². The zero-order valence-corrected chi connectivity index (χ0v) is 18.3. The van der Waals surface area contributed by atoms with Crippen LogP contribution < -0.4 is 14.9 Å². The molecule has 0 saturated heterocycles. The van der Waals surface area contributed by atoms with Crippen molar-refractivity contribution in [2.24, 2.45) is 0 Å². The molecule has 0 spiro atoms. The number of rotatable bonds is 9. The van der Waals surface area contributed by atoms with Crippen LogP contribution in [0.25, 0.3) is 0 Å². The molecule has 2 aromatic rings. The summed E-state index contributed by atoms with van der Waals surface area (Å²) in [6, 6.07) is 8.65. The number of nitrogens with one attached hydrogen (secondary N) is 2. The normalized spacial score (nSPS) is 16.5. The number of aliphatic hydroxyl groups excluding tert-OH is 2. The first-order chi connectivity index (χ1) is 15.0. The Bertz CT molecular complexity index is 890. The summed E-state index contributed by atoms with van der Waals surface area (Å²) in [4.78, 5) is 23.7. The summed E-state index contributed by atoms with van der Waals surface area (Å²) in [5.74, 6) is 0.382. The summed E-state index contributed by atoms with van der Waals surface area (Å²) in [6.07, 6.45) is 6.39. The Morgan fingerprint density at radius 3 is 2.61 bits per heavy atom. The van der Waals surface area contributed by atoms with Crippen molar-refractivity contribution >= 4 is 28.4 Å². The van der Waals surface area contributed by atoms with Crippen LogP contribution in [0.15, 0.2) is 41.6 Å². The lowest BCUT2D eigenvalue weighted by Crippen LogP contribution is -2.34. The summed E-state index contributed by atoms with van der Waals surface area (Å²) in [6.45, 7) is -0.399. The zero-order valence-electron chi connectivity index (χ0n) is 17.5. The van der Waals surface area contributed by atoms with Crippen LogP contribution in [0.2, 0.25) is 0 Å². The minimum absolute atomic E-state index is 0.00689. The number of amides is 1. The molecule has 9 nitrogen and oxygen atoms in total. The number of hydrogen-bond acceptors (Lipinski definition) is 7. The molecule has 0 radical (unpaired) electrons. The monoisotopic (exact) mass is 447 g/mol. The SMILES string of the molecule is CN(c1cc(C(=O)Nc2ccc(S(=O)NCC(O)CO)cc2)ncn1)C1CCCCC1. The predicted octanol–water partition coefficient (Wildman–Crippen LogP) is 1.46. The third-order valence-electron chi connectivity index (χ3n) is 5.36. The van der Waals surface area contributed by atoms with Gasteiger partial charge in [0.2, 0.25) is 0 Å². The fraction of sp³-hybridized carbons (Fsp3) is 0.476. The molecule has 0 bridgehead atoms. The van der Waals surface area contributed by atoms with Gasteiger partial charge in [-0.15, -0.1) is 0 Å². The molecular formula is C21H29N5O4S. The third-order valence-corrected chi connectivity index (χ3v) is 6.49. The fourth-order valence-corrected chi connectivity index (χ4v) is 4.39. The summed E-state index contributed by atoms with van der Waals surface area (Å²) in [7, 11) is 0.473. The molecule has 1 fully saturated rings. The third kappa shape index (κ3) is 6.54. The van der Waals surface area contributed by atoms with Crippen molar-refractivity contribution in [1.82, 2.24) is 14.7 Å². The Morgan fingerprint density at radius 2 is 1.94 bits per heavy atom. The Labute approximate surface area is 184 Å². The first kappa shape index (κ1) is 23.3. The minimum atomic E-state index is -1.53. The lowest BCUT2D eigenvalue weighted by molar-refractivity contribution is 0.0991. The van der Waals surface area contributed by atoms with E-state index in [4.69, 9.17) is 5.11 Å². The quantitative estimate of drug-likeness (QED) is 0.458. The van der Waals surface area contributed by atoms with Crippen molar-refractivity contribution in [1.29, 1.82) is 0 Å². The van der Waals surface area contributed by atoms with Crippen LogP contribution >= 0.6 is 0 Å². The van der Waals surface area contributed by atoms with Gasteiger partial charge in [-0.2, -0.15) is 0 Å². The number of aromatic nitrogens is 2. The van der Waals surface area contributed by atoms with E-state index in [0.717, 1.165) is 18.7 Å². The molecule has 31 heavy (non-hydrogen) atoms. The lowest BCUT2D eigenvalue weighted by atomic mass is 9.94. The van der Waals surface area contributed by atoms with Gasteiger partial charge >= 0.3 is 0 Å². The highest BCUT2D eigenvalue weighted by atomic mass is 32.2. The van der Waals surface area contributed by atoms with Gasteiger partial charge in [0.25, 0.3) is 5.91 Å². The van der Waals surface area contributed by atoms with Crippen molar-refractivity contribution in [3.05, 3.63) is 42.4 Å². The minimum Gasteiger partial charge on any atom is -0.394 e. The first-order valence-electron chi connectivity index (χ1n) is 10.4.